The molecule has 2 aromatic rings. The fourth-order valence-corrected chi connectivity index (χ4v) is 5.29. The molecule has 0 bridgehead atoms. The molecule has 1 amide bonds. The third kappa shape index (κ3) is 4.36. The van der Waals surface area contributed by atoms with Crippen molar-refractivity contribution in [2.75, 3.05) is 20.3 Å². The van der Waals surface area contributed by atoms with Crippen molar-refractivity contribution in [1.82, 2.24) is 19.8 Å². The summed E-state index contributed by atoms with van der Waals surface area (Å²) in [7, 11) is -2.03. The highest BCUT2D eigenvalue weighted by atomic mass is 32.2. The van der Waals surface area contributed by atoms with Gasteiger partial charge in [-0.1, -0.05) is 6.07 Å². The quantitative estimate of drug-likeness (QED) is 0.654. The van der Waals surface area contributed by atoms with Crippen molar-refractivity contribution in [3.63, 3.8) is 0 Å². The van der Waals surface area contributed by atoms with Crippen LogP contribution >= 0.6 is 0 Å². The van der Waals surface area contributed by atoms with Crippen molar-refractivity contribution >= 4 is 15.9 Å². The molecule has 1 aromatic carbocycles. The number of aryl methyl sites for hydroxylation is 2. The number of amides is 1. The molecule has 2 N–H and O–H groups in total. The Morgan fingerprint density at radius 1 is 1.24 bits per heavy atom. The minimum Gasteiger partial charge on any atom is -0.383 e. The van der Waals surface area contributed by atoms with Crippen LogP contribution in [0.25, 0.3) is 0 Å². The molecule has 156 valence electrons. The first-order valence-electron chi connectivity index (χ1n) is 9.94. The molecule has 9 heteroatoms. The lowest BCUT2D eigenvalue weighted by Crippen LogP contribution is -2.36. The first-order valence-corrected chi connectivity index (χ1v) is 11.4. The number of hydrogen-bond donors (Lipinski definition) is 2. The van der Waals surface area contributed by atoms with E-state index in [4.69, 9.17) is 4.74 Å². The molecular formula is C20H26N4O4S. The van der Waals surface area contributed by atoms with Crippen LogP contribution in [0.4, 0.5) is 0 Å². The molecule has 0 fully saturated rings. The van der Waals surface area contributed by atoms with Crippen LogP contribution < -0.4 is 10.0 Å². The summed E-state index contributed by atoms with van der Waals surface area (Å²) in [6, 6.07) is 6.89. The van der Waals surface area contributed by atoms with Crippen molar-refractivity contribution in [2.45, 2.75) is 49.6 Å². The van der Waals surface area contributed by atoms with Gasteiger partial charge in [0, 0.05) is 31.8 Å². The summed E-state index contributed by atoms with van der Waals surface area (Å²) in [6.07, 6.45) is 4.73. The number of rotatable bonds is 7. The van der Waals surface area contributed by atoms with E-state index in [0.717, 1.165) is 36.9 Å². The highest BCUT2D eigenvalue weighted by molar-refractivity contribution is 7.89. The Morgan fingerprint density at radius 2 is 2.03 bits per heavy atom. The minimum atomic E-state index is -3.60. The fraction of sp³-hybridized carbons (Fsp3) is 0.500. The summed E-state index contributed by atoms with van der Waals surface area (Å²) >= 11 is 0. The number of methoxy groups -OCH3 is 1. The number of benzene rings is 1. The van der Waals surface area contributed by atoms with Gasteiger partial charge in [0.25, 0.3) is 5.91 Å². The molecule has 29 heavy (non-hydrogen) atoms. The summed E-state index contributed by atoms with van der Waals surface area (Å²) in [5.74, 6) is -0.254. The molecular weight excluding hydrogens is 392 g/mol. The number of fused-ring (bicyclic) bond motifs is 2. The Balaban J connectivity index is 1.40. The Hall–Kier alpha value is -2.23. The number of nitrogens with zero attached hydrogens (tertiary/aromatic N) is 2. The van der Waals surface area contributed by atoms with Crippen molar-refractivity contribution in [2.24, 2.45) is 0 Å². The van der Waals surface area contributed by atoms with Gasteiger partial charge in [-0.15, -0.1) is 0 Å². The predicted molar refractivity (Wildman–Crippen MR) is 107 cm³/mol. The van der Waals surface area contributed by atoms with E-state index in [2.05, 4.69) is 15.1 Å². The number of hydrogen-bond acceptors (Lipinski definition) is 5. The molecule has 1 unspecified atom stereocenters. The maximum Gasteiger partial charge on any atom is 0.271 e. The highest BCUT2D eigenvalue weighted by Gasteiger charge is 2.29. The first-order chi connectivity index (χ1) is 14.0. The Morgan fingerprint density at radius 3 is 2.79 bits per heavy atom. The lowest BCUT2D eigenvalue weighted by atomic mass is 9.92. The largest absolute Gasteiger partial charge is 0.383 e. The van der Waals surface area contributed by atoms with Gasteiger partial charge in [-0.25, -0.2) is 13.1 Å². The number of aromatic nitrogens is 2. The topological polar surface area (TPSA) is 102 Å². The molecule has 0 saturated heterocycles. The van der Waals surface area contributed by atoms with E-state index in [0.29, 0.717) is 36.7 Å². The van der Waals surface area contributed by atoms with E-state index >= 15 is 0 Å². The molecule has 1 aliphatic heterocycles. The number of carbonyl (C=O) groups is 1. The molecule has 2 heterocycles. The normalized spacial score (nSPS) is 18.3. The molecule has 0 radical (unpaired) electrons. The predicted octanol–water partition coefficient (Wildman–Crippen LogP) is 1.04. The zero-order valence-corrected chi connectivity index (χ0v) is 17.3. The van der Waals surface area contributed by atoms with E-state index in [1.54, 1.807) is 23.9 Å². The number of nitrogens with one attached hydrogen (secondary N) is 2. The van der Waals surface area contributed by atoms with Crippen molar-refractivity contribution in [3.8, 4) is 0 Å². The monoisotopic (exact) mass is 418 g/mol. The van der Waals surface area contributed by atoms with Gasteiger partial charge in [-0.05, 0) is 55.0 Å². The smallest absolute Gasteiger partial charge is 0.271 e. The van der Waals surface area contributed by atoms with Crippen LogP contribution in [0.15, 0.2) is 29.2 Å². The van der Waals surface area contributed by atoms with E-state index in [9.17, 15) is 13.2 Å². The van der Waals surface area contributed by atoms with Crippen LogP contribution in [0.5, 0.6) is 0 Å². The fourth-order valence-electron chi connectivity index (χ4n) is 4.02. The van der Waals surface area contributed by atoms with E-state index in [-0.39, 0.29) is 11.9 Å². The standard InChI is InChI=1S/C20H26N4O4S/c1-28-9-8-21-20(25)19-12-17-11-16(13-24(17)22-19)23-29(26,27)18-7-6-14-4-2-3-5-15(14)10-18/h6-7,10,12,16,23H,2-5,8-9,11,13H2,1H3,(H,21,25). The highest BCUT2D eigenvalue weighted by Crippen LogP contribution is 2.25. The molecule has 4 rings (SSSR count). The Labute approximate surface area is 170 Å². The molecule has 1 aliphatic carbocycles. The number of sulfonamides is 1. The Kier molecular flexibility index (Phi) is 5.71. The average molecular weight is 419 g/mol. The van der Waals surface area contributed by atoms with Gasteiger partial charge >= 0.3 is 0 Å². The van der Waals surface area contributed by atoms with E-state index in [1.165, 1.54) is 5.56 Å². The average Bonchev–Trinajstić information content (AvgIpc) is 3.26. The molecule has 2 aliphatic rings. The van der Waals surface area contributed by atoms with E-state index in [1.807, 2.05) is 12.1 Å². The van der Waals surface area contributed by atoms with Gasteiger partial charge in [0.1, 0.15) is 5.69 Å². The van der Waals surface area contributed by atoms with Crippen LogP contribution in [0.3, 0.4) is 0 Å². The van der Waals surface area contributed by atoms with Crippen molar-refractivity contribution < 1.29 is 17.9 Å². The second kappa shape index (κ2) is 8.25. The zero-order valence-electron chi connectivity index (χ0n) is 16.5. The molecule has 8 nitrogen and oxygen atoms in total. The third-order valence-corrected chi connectivity index (χ3v) is 7.01. The Bertz CT molecular complexity index is 992. The van der Waals surface area contributed by atoms with Gasteiger partial charge in [-0.2, -0.15) is 5.10 Å². The van der Waals surface area contributed by atoms with Gasteiger partial charge in [0.05, 0.1) is 18.0 Å². The van der Waals surface area contributed by atoms with Crippen LogP contribution in [-0.2, 0) is 40.6 Å². The summed E-state index contributed by atoms with van der Waals surface area (Å²) in [4.78, 5) is 12.4. The second-order valence-electron chi connectivity index (χ2n) is 7.61. The van der Waals surface area contributed by atoms with Crippen LogP contribution in [0.1, 0.15) is 40.2 Å². The number of carbonyl (C=O) groups excluding carboxylic acids is 1. The zero-order chi connectivity index (χ0) is 20.4. The summed E-state index contributed by atoms with van der Waals surface area (Å²) in [5, 5.41) is 7.04. The summed E-state index contributed by atoms with van der Waals surface area (Å²) < 4.78 is 35.1. The van der Waals surface area contributed by atoms with Crippen LogP contribution in [0, 0.1) is 0 Å². The molecule has 1 aromatic heterocycles. The minimum absolute atomic E-state index is 0.254. The molecule has 0 saturated carbocycles. The van der Waals surface area contributed by atoms with Gasteiger partial charge in [0.15, 0.2) is 0 Å². The maximum atomic E-state index is 12.9. The maximum absolute atomic E-state index is 12.9. The second-order valence-corrected chi connectivity index (χ2v) is 9.33. The first kappa shape index (κ1) is 20.1. The lowest BCUT2D eigenvalue weighted by molar-refractivity contribution is 0.0931. The van der Waals surface area contributed by atoms with Gasteiger partial charge in [-0.3, -0.25) is 9.48 Å². The molecule has 1 atom stereocenters. The van der Waals surface area contributed by atoms with Crippen molar-refractivity contribution in [1.29, 1.82) is 0 Å². The van der Waals surface area contributed by atoms with Crippen molar-refractivity contribution in [3.05, 3.63) is 46.8 Å². The van der Waals surface area contributed by atoms with Crippen LogP contribution in [0.2, 0.25) is 0 Å². The lowest BCUT2D eigenvalue weighted by Gasteiger charge is -2.18. The third-order valence-electron chi connectivity index (χ3n) is 5.49. The number of ether oxygens (including phenoxy) is 1. The van der Waals surface area contributed by atoms with Gasteiger partial charge in [0.2, 0.25) is 10.0 Å². The van der Waals surface area contributed by atoms with Crippen LogP contribution in [-0.4, -0.2) is 50.4 Å². The van der Waals surface area contributed by atoms with Gasteiger partial charge < -0.3 is 10.1 Å². The summed E-state index contributed by atoms with van der Waals surface area (Å²) in [6.45, 7) is 1.26. The SMILES string of the molecule is COCCNC(=O)c1cc2n(n1)CC(NS(=O)(=O)c1ccc3c(c1)CCCC3)C2. The van der Waals surface area contributed by atoms with E-state index < -0.39 is 10.0 Å². The summed E-state index contributed by atoms with van der Waals surface area (Å²) in [5.41, 5.74) is 3.59. The molecule has 0 spiro atoms.